The Kier molecular flexibility index (Phi) is 1.56. The zero-order chi connectivity index (χ0) is 9.38. The molecule has 0 bridgehead atoms. The van der Waals surface area contributed by atoms with E-state index in [0.29, 0.717) is 0 Å². The zero-order valence-electron chi connectivity index (χ0n) is 7.46. The second kappa shape index (κ2) is 2.87. The summed E-state index contributed by atoms with van der Waals surface area (Å²) in [5.74, 6) is 0. The van der Waals surface area contributed by atoms with E-state index >= 15 is 0 Å². The molecular formula is C11H9NO2. The Hall–Kier alpha value is -1.77. The van der Waals surface area contributed by atoms with E-state index in [0.717, 1.165) is 11.3 Å². The summed E-state index contributed by atoms with van der Waals surface area (Å²) in [6.45, 7) is 0. The Morgan fingerprint density at radius 3 is 2.86 bits per heavy atom. The van der Waals surface area contributed by atoms with Crippen LogP contribution in [0.2, 0.25) is 0 Å². The van der Waals surface area contributed by atoms with Gasteiger partial charge in [0.2, 0.25) is 0 Å². The van der Waals surface area contributed by atoms with E-state index in [-0.39, 0.29) is 12.2 Å². The molecule has 0 N–H and O–H groups in total. The molecule has 0 spiro atoms. The maximum Gasteiger partial charge on any atom is 0.191 e. The standard InChI is InChI=1S/C11H9NO2/c1-2-4-8(5-3-1)10-11-9(14-12-10)6-7-13-11/h1-7,9,11H/t9-,11+/m1/s1. The number of hydrogen-bond acceptors (Lipinski definition) is 3. The van der Waals surface area contributed by atoms with Crippen molar-refractivity contribution in [3.8, 4) is 0 Å². The van der Waals surface area contributed by atoms with E-state index in [1.54, 1.807) is 6.26 Å². The van der Waals surface area contributed by atoms with Gasteiger partial charge in [-0.1, -0.05) is 35.5 Å². The van der Waals surface area contributed by atoms with Crippen molar-refractivity contribution in [3.63, 3.8) is 0 Å². The van der Waals surface area contributed by atoms with Crippen molar-refractivity contribution in [2.75, 3.05) is 0 Å². The third kappa shape index (κ3) is 1.02. The van der Waals surface area contributed by atoms with Crippen molar-refractivity contribution < 1.29 is 9.57 Å². The van der Waals surface area contributed by atoms with Gasteiger partial charge in [0.05, 0.1) is 6.26 Å². The quantitative estimate of drug-likeness (QED) is 0.670. The number of fused-ring (bicyclic) bond motifs is 1. The van der Waals surface area contributed by atoms with Gasteiger partial charge in [0, 0.05) is 5.56 Å². The monoisotopic (exact) mass is 187 g/mol. The van der Waals surface area contributed by atoms with Crippen LogP contribution >= 0.6 is 0 Å². The zero-order valence-corrected chi connectivity index (χ0v) is 7.46. The Bertz CT molecular complexity index is 397. The van der Waals surface area contributed by atoms with Gasteiger partial charge in [-0.3, -0.25) is 0 Å². The summed E-state index contributed by atoms with van der Waals surface area (Å²) in [4.78, 5) is 5.22. The predicted molar refractivity (Wildman–Crippen MR) is 51.9 cm³/mol. The molecule has 0 saturated carbocycles. The summed E-state index contributed by atoms with van der Waals surface area (Å²) in [6.07, 6.45) is 3.46. The van der Waals surface area contributed by atoms with Gasteiger partial charge in [-0.15, -0.1) is 0 Å². The number of nitrogens with zero attached hydrogens (tertiary/aromatic N) is 1. The molecule has 2 aliphatic heterocycles. The van der Waals surface area contributed by atoms with Gasteiger partial charge in [0.25, 0.3) is 0 Å². The highest BCUT2D eigenvalue weighted by molar-refractivity contribution is 6.05. The van der Waals surface area contributed by atoms with E-state index in [1.165, 1.54) is 0 Å². The first-order chi connectivity index (χ1) is 6.95. The fraction of sp³-hybridized carbons (Fsp3) is 0.182. The van der Waals surface area contributed by atoms with E-state index in [9.17, 15) is 0 Å². The first-order valence-corrected chi connectivity index (χ1v) is 4.56. The molecule has 0 aromatic heterocycles. The molecule has 2 atom stereocenters. The van der Waals surface area contributed by atoms with E-state index < -0.39 is 0 Å². The van der Waals surface area contributed by atoms with Crippen LogP contribution in [0.5, 0.6) is 0 Å². The molecule has 2 aliphatic rings. The number of benzene rings is 1. The number of rotatable bonds is 1. The predicted octanol–water partition coefficient (Wildman–Crippen LogP) is 1.70. The molecule has 0 radical (unpaired) electrons. The maximum atomic E-state index is 5.41. The van der Waals surface area contributed by atoms with Crippen LogP contribution in [-0.4, -0.2) is 17.9 Å². The summed E-state index contributed by atoms with van der Waals surface area (Å²) in [6, 6.07) is 9.95. The van der Waals surface area contributed by atoms with E-state index in [1.807, 2.05) is 36.4 Å². The lowest BCUT2D eigenvalue weighted by molar-refractivity contribution is 0.0678. The van der Waals surface area contributed by atoms with Crippen LogP contribution in [0.25, 0.3) is 0 Å². The molecule has 0 unspecified atom stereocenters. The summed E-state index contributed by atoms with van der Waals surface area (Å²) >= 11 is 0. The van der Waals surface area contributed by atoms with Gasteiger partial charge in [0.15, 0.2) is 12.2 Å². The Morgan fingerprint density at radius 1 is 1.14 bits per heavy atom. The SMILES string of the molecule is C1=C[C@H]2ON=C(c3ccccc3)[C@H]2O1. The van der Waals surface area contributed by atoms with Crippen LogP contribution in [0.4, 0.5) is 0 Å². The van der Waals surface area contributed by atoms with E-state index in [2.05, 4.69) is 5.16 Å². The van der Waals surface area contributed by atoms with Gasteiger partial charge in [-0.05, 0) is 6.08 Å². The van der Waals surface area contributed by atoms with Crippen molar-refractivity contribution in [2.24, 2.45) is 5.16 Å². The molecule has 0 amide bonds. The van der Waals surface area contributed by atoms with Crippen LogP contribution in [0.15, 0.2) is 47.8 Å². The van der Waals surface area contributed by atoms with Crippen molar-refractivity contribution in [3.05, 3.63) is 48.2 Å². The lowest BCUT2D eigenvalue weighted by atomic mass is 10.0. The normalized spacial score (nSPS) is 27.9. The number of hydrogen-bond donors (Lipinski definition) is 0. The van der Waals surface area contributed by atoms with Crippen LogP contribution in [0, 0.1) is 0 Å². The molecule has 3 nitrogen and oxygen atoms in total. The van der Waals surface area contributed by atoms with Crippen molar-refractivity contribution >= 4 is 5.71 Å². The van der Waals surface area contributed by atoms with Gasteiger partial charge in [0.1, 0.15) is 5.71 Å². The second-order valence-corrected chi connectivity index (χ2v) is 3.30. The first kappa shape index (κ1) is 7.62. The topological polar surface area (TPSA) is 30.8 Å². The molecule has 14 heavy (non-hydrogen) atoms. The highest BCUT2D eigenvalue weighted by Gasteiger charge is 2.37. The van der Waals surface area contributed by atoms with Crippen LogP contribution in [0.3, 0.4) is 0 Å². The Balaban J connectivity index is 1.94. The molecule has 3 heteroatoms. The van der Waals surface area contributed by atoms with Crippen molar-refractivity contribution in [2.45, 2.75) is 12.2 Å². The summed E-state index contributed by atoms with van der Waals surface area (Å²) in [5, 5.41) is 4.03. The molecular weight excluding hydrogens is 178 g/mol. The smallest absolute Gasteiger partial charge is 0.191 e. The van der Waals surface area contributed by atoms with Gasteiger partial charge < -0.3 is 9.57 Å². The van der Waals surface area contributed by atoms with E-state index in [4.69, 9.17) is 9.57 Å². The largest absolute Gasteiger partial charge is 0.487 e. The lowest BCUT2D eigenvalue weighted by Gasteiger charge is -2.08. The second-order valence-electron chi connectivity index (χ2n) is 3.30. The van der Waals surface area contributed by atoms with Crippen LogP contribution in [-0.2, 0) is 9.57 Å². The number of oxime groups is 1. The van der Waals surface area contributed by atoms with Gasteiger partial charge >= 0.3 is 0 Å². The molecule has 1 aromatic carbocycles. The summed E-state index contributed by atoms with van der Waals surface area (Å²) < 4.78 is 5.41. The third-order valence-electron chi connectivity index (χ3n) is 2.40. The van der Waals surface area contributed by atoms with Gasteiger partial charge in [-0.25, -0.2) is 0 Å². The third-order valence-corrected chi connectivity index (χ3v) is 2.40. The highest BCUT2D eigenvalue weighted by Crippen LogP contribution is 2.25. The number of ether oxygens (including phenoxy) is 1. The lowest BCUT2D eigenvalue weighted by Crippen LogP contribution is -2.26. The van der Waals surface area contributed by atoms with Gasteiger partial charge in [-0.2, -0.15) is 0 Å². The highest BCUT2D eigenvalue weighted by atomic mass is 16.7. The Labute approximate surface area is 81.6 Å². The minimum atomic E-state index is -0.0580. The van der Waals surface area contributed by atoms with Crippen molar-refractivity contribution in [1.82, 2.24) is 0 Å². The molecule has 2 heterocycles. The minimum absolute atomic E-state index is 0.0368. The first-order valence-electron chi connectivity index (χ1n) is 4.56. The Morgan fingerprint density at radius 2 is 2.00 bits per heavy atom. The van der Waals surface area contributed by atoms with Crippen LogP contribution in [0.1, 0.15) is 5.56 Å². The minimum Gasteiger partial charge on any atom is -0.487 e. The molecule has 0 saturated heterocycles. The molecule has 70 valence electrons. The molecule has 3 rings (SSSR count). The maximum absolute atomic E-state index is 5.41. The fourth-order valence-electron chi connectivity index (χ4n) is 1.69. The van der Waals surface area contributed by atoms with Crippen LogP contribution < -0.4 is 0 Å². The molecule has 0 aliphatic carbocycles. The van der Waals surface area contributed by atoms with Crippen molar-refractivity contribution in [1.29, 1.82) is 0 Å². The molecule has 0 fully saturated rings. The summed E-state index contributed by atoms with van der Waals surface area (Å²) in [7, 11) is 0. The average molecular weight is 187 g/mol. The summed E-state index contributed by atoms with van der Waals surface area (Å²) in [5.41, 5.74) is 1.93. The fourth-order valence-corrected chi connectivity index (χ4v) is 1.69. The molecule has 1 aromatic rings. The average Bonchev–Trinajstić information content (AvgIpc) is 2.79.